The van der Waals surface area contributed by atoms with Crippen LogP contribution in [0.2, 0.25) is 0 Å². The van der Waals surface area contributed by atoms with Gasteiger partial charge in [-0.25, -0.2) is 0 Å². The molecule has 1 aromatic carbocycles. The topological polar surface area (TPSA) is 49.3 Å². The van der Waals surface area contributed by atoms with Crippen molar-refractivity contribution >= 4 is 56.2 Å². The summed E-state index contributed by atoms with van der Waals surface area (Å²) in [4.78, 5) is 11.9. The smallest absolute Gasteiger partial charge is 0.252 e. The summed E-state index contributed by atoms with van der Waals surface area (Å²) in [5, 5.41) is 11.5. The van der Waals surface area contributed by atoms with Crippen LogP contribution in [0.15, 0.2) is 22.7 Å². The van der Waals surface area contributed by atoms with Crippen LogP contribution < -0.4 is 5.32 Å². The van der Waals surface area contributed by atoms with Crippen molar-refractivity contribution in [2.24, 2.45) is 0 Å². The van der Waals surface area contributed by atoms with E-state index in [1.165, 1.54) is 0 Å². The predicted molar refractivity (Wildman–Crippen MR) is 88.2 cm³/mol. The van der Waals surface area contributed by atoms with Crippen LogP contribution in [0, 0.1) is 3.57 Å². The number of aliphatic hydroxyl groups is 1. The number of amides is 1. The Bertz CT molecular complexity index is 404. The van der Waals surface area contributed by atoms with E-state index >= 15 is 0 Å². The summed E-state index contributed by atoms with van der Waals surface area (Å²) in [5.74, 6) is 1.76. The lowest BCUT2D eigenvalue weighted by molar-refractivity contribution is 0.0955. The number of carbonyl (C=O) groups excluding carboxylic acids is 1. The predicted octanol–water partition coefficient (Wildman–Crippen LogP) is 2.90. The van der Waals surface area contributed by atoms with Crippen molar-refractivity contribution in [1.82, 2.24) is 5.32 Å². The number of carbonyl (C=O) groups is 1. The first-order chi connectivity index (χ1) is 8.65. The highest BCUT2D eigenvalue weighted by molar-refractivity contribution is 14.1. The van der Waals surface area contributed by atoms with Crippen LogP contribution in [-0.4, -0.2) is 35.7 Å². The number of rotatable bonds is 7. The van der Waals surface area contributed by atoms with Gasteiger partial charge in [0.05, 0.1) is 5.56 Å². The molecule has 3 nitrogen and oxygen atoms in total. The molecule has 100 valence electrons. The number of aliphatic hydroxyl groups excluding tert-OH is 1. The Morgan fingerprint density at radius 1 is 1.44 bits per heavy atom. The summed E-state index contributed by atoms with van der Waals surface area (Å²) in [6.45, 7) is 0.882. The lowest BCUT2D eigenvalue weighted by atomic mass is 10.2. The number of halogens is 2. The summed E-state index contributed by atoms with van der Waals surface area (Å²) in [6, 6.07) is 5.66. The molecule has 0 fully saturated rings. The molecule has 0 spiro atoms. The van der Waals surface area contributed by atoms with Gasteiger partial charge in [-0.3, -0.25) is 4.79 Å². The van der Waals surface area contributed by atoms with Gasteiger partial charge >= 0.3 is 0 Å². The monoisotopic (exact) mass is 443 g/mol. The molecule has 0 unspecified atom stereocenters. The van der Waals surface area contributed by atoms with E-state index in [0.717, 1.165) is 26.0 Å². The first-order valence-electron chi connectivity index (χ1n) is 5.57. The first kappa shape index (κ1) is 16.3. The summed E-state index contributed by atoms with van der Waals surface area (Å²) >= 11 is 7.26. The normalized spacial score (nSPS) is 10.4. The first-order valence-corrected chi connectivity index (χ1v) is 8.59. The van der Waals surface area contributed by atoms with E-state index in [2.05, 4.69) is 43.8 Å². The van der Waals surface area contributed by atoms with Gasteiger partial charge in [0.15, 0.2) is 0 Å². The molecule has 0 atom stereocenters. The molecule has 18 heavy (non-hydrogen) atoms. The Kier molecular flexibility index (Phi) is 8.28. The van der Waals surface area contributed by atoms with Gasteiger partial charge in [0.2, 0.25) is 0 Å². The summed E-state index contributed by atoms with van der Waals surface area (Å²) in [6.07, 6.45) is 0.808. The molecule has 1 amide bonds. The minimum Gasteiger partial charge on any atom is -0.396 e. The van der Waals surface area contributed by atoms with Crippen molar-refractivity contribution in [3.05, 3.63) is 31.8 Å². The van der Waals surface area contributed by atoms with E-state index in [1.807, 2.05) is 18.2 Å². The highest BCUT2D eigenvalue weighted by atomic mass is 127. The number of hydrogen-bond donors (Lipinski definition) is 2. The second-order valence-electron chi connectivity index (χ2n) is 3.57. The molecule has 0 aromatic heterocycles. The van der Waals surface area contributed by atoms with Crippen LogP contribution in [0.1, 0.15) is 16.8 Å². The molecule has 1 rings (SSSR count). The molecule has 0 saturated carbocycles. The molecule has 1 aromatic rings. The van der Waals surface area contributed by atoms with Gasteiger partial charge in [-0.2, -0.15) is 11.8 Å². The molecule has 6 heteroatoms. The molecule has 0 heterocycles. The van der Waals surface area contributed by atoms with Crippen molar-refractivity contribution in [3.8, 4) is 0 Å². The zero-order valence-corrected chi connectivity index (χ0v) is 14.3. The largest absolute Gasteiger partial charge is 0.396 e. The Morgan fingerprint density at radius 3 is 2.94 bits per heavy atom. The van der Waals surface area contributed by atoms with Crippen molar-refractivity contribution in [1.29, 1.82) is 0 Å². The summed E-state index contributed by atoms with van der Waals surface area (Å²) < 4.78 is 1.85. The SMILES string of the molecule is O=C(NCCSCCCO)c1cc(Br)ccc1I. The van der Waals surface area contributed by atoms with E-state index in [0.29, 0.717) is 12.1 Å². The van der Waals surface area contributed by atoms with E-state index in [1.54, 1.807) is 11.8 Å². The average Bonchev–Trinajstić information content (AvgIpc) is 2.36. The highest BCUT2D eigenvalue weighted by Crippen LogP contribution is 2.18. The molecular formula is C12H15BrINO2S. The minimum atomic E-state index is -0.0385. The minimum absolute atomic E-state index is 0.0385. The van der Waals surface area contributed by atoms with Crippen molar-refractivity contribution < 1.29 is 9.90 Å². The lowest BCUT2D eigenvalue weighted by Crippen LogP contribution is -2.26. The fourth-order valence-corrected chi connectivity index (χ4v) is 3.00. The molecule has 0 bridgehead atoms. The maximum absolute atomic E-state index is 11.9. The van der Waals surface area contributed by atoms with E-state index in [-0.39, 0.29) is 12.5 Å². The standard InChI is InChI=1S/C12H15BrINO2S/c13-9-2-3-11(14)10(8-9)12(17)15-4-7-18-6-1-5-16/h2-3,8,16H,1,4-7H2,(H,15,17). The van der Waals surface area contributed by atoms with Crippen molar-refractivity contribution in [3.63, 3.8) is 0 Å². The number of nitrogens with one attached hydrogen (secondary N) is 1. The molecular weight excluding hydrogens is 429 g/mol. The Morgan fingerprint density at radius 2 is 2.22 bits per heavy atom. The average molecular weight is 444 g/mol. The van der Waals surface area contributed by atoms with Gasteiger partial charge in [0.25, 0.3) is 5.91 Å². The van der Waals surface area contributed by atoms with Crippen LogP contribution >= 0.6 is 50.3 Å². The highest BCUT2D eigenvalue weighted by Gasteiger charge is 2.09. The molecule has 0 saturated heterocycles. The molecule has 0 aliphatic heterocycles. The van der Waals surface area contributed by atoms with Gasteiger partial charge < -0.3 is 10.4 Å². The van der Waals surface area contributed by atoms with Gasteiger partial charge in [-0.15, -0.1) is 0 Å². The Hall–Kier alpha value is 0.210. The van der Waals surface area contributed by atoms with Crippen LogP contribution in [0.25, 0.3) is 0 Å². The van der Waals surface area contributed by atoms with Crippen LogP contribution in [-0.2, 0) is 0 Å². The molecule has 0 aliphatic carbocycles. The second kappa shape index (κ2) is 9.17. The fourth-order valence-electron chi connectivity index (χ4n) is 1.27. The van der Waals surface area contributed by atoms with E-state index in [4.69, 9.17) is 5.11 Å². The van der Waals surface area contributed by atoms with Crippen LogP contribution in [0.4, 0.5) is 0 Å². The third-order valence-electron chi connectivity index (χ3n) is 2.15. The van der Waals surface area contributed by atoms with E-state index < -0.39 is 0 Å². The van der Waals surface area contributed by atoms with E-state index in [9.17, 15) is 4.79 Å². The molecule has 0 radical (unpaired) electrons. The quantitative estimate of drug-likeness (QED) is 0.503. The second-order valence-corrected chi connectivity index (χ2v) is 6.87. The third-order valence-corrected chi connectivity index (χ3v) is 4.66. The summed E-state index contributed by atoms with van der Waals surface area (Å²) in [7, 11) is 0. The van der Waals surface area contributed by atoms with Gasteiger partial charge in [-0.05, 0) is 53.0 Å². The summed E-state index contributed by atoms with van der Waals surface area (Å²) in [5.41, 5.74) is 0.699. The Balaban J connectivity index is 2.34. The maximum atomic E-state index is 11.9. The van der Waals surface area contributed by atoms with Crippen molar-refractivity contribution in [2.75, 3.05) is 24.7 Å². The fraction of sp³-hybridized carbons (Fsp3) is 0.417. The lowest BCUT2D eigenvalue weighted by Gasteiger charge is -2.07. The van der Waals surface area contributed by atoms with Gasteiger partial charge in [-0.1, -0.05) is 15.9 Å². The molecule has 0 aliphatic rings. The van der Waals surface area contributed by atoms with Crippen LogP contribution in [0.3, 0.4) is 0 Å². The Labute approximate surface area is 133 Å². The van der Waals surface area contributed by atoms with Crippen molar-refractivity contribution in [2.45, 2.75) is 6.42 Å². The number of benzene rings is 1. The third kappa shape index (κ3) is 5.90. The zero-order chi connectivity index (χ0) is 13.4. The van der Waals surface area contributed by atoms with Crippen LogP contribution in [0.5, 0.6) is 0 Å². The maximum Gasteiger partial charge on any atom is 0.252 e. The van der Waals surface area contributed by atoms with Gasteiger partial charge in [0.1, 0.15) is 0 Å². The number of hydrogen-bond acceptors (Lipinski definition) is 3. The molecule has 2 N–H and O–H groups in total. The zero-order valence-electron chi connectivity index (χ0n) is 9.79. The van der Waals surface area contributed by atoms with Gasteiger partial charge in [0, 0.05) is 26.9 Å². The number of thioether (sulfide) groups is 1.